The molecule has 3 aromatic rings. The van der Waals surface area contributed by atoms with Crippen molar-refractivity contribution >= 4 is 11.7 Å². The minimum Gasteiger partial charge on any atom is -0.497 e. The van der Waals surface area contributed by atoms with E-state index >= 15 is 0 Å². The maximum Gasteiger partial charge on any atom is 0.248 e. The molecule has 30 heavy (non-hydrogen) atoms. The van der Waals surface area contributed by atoms with E-state index in [4.69, 9.17) is 9.47 Å². The van der Waals surface area contributed by atoms with Gasteiger partial charge in [-0.15, -0.1) is 0 Å². The zero-order chi connectivity index (χ0) is 20.7. The molecule has 0 spiro atoms. The van der Waals surface area contributed by atoms with Crippen LogP contribution in [0.2, 0.25) is 0 Å². The van der Waals surface area contributed by atoms with Gasteiger partial charge in [0.15, 0.2) is 5.78 Å². The van der Waals surface area contributed by atoms with Crippen LogP contribution in [0.3, 0.4) is 0 Å². The minimum atomic E-state index is -0.360. The third-order valence-corrected chi connectivity index (χ3v) is 5.80. The second-order valence-electron chi connectivity index (χ2n) is 7.44. The van der Waals surface area contributed by atoms with Crippen LogP contribution in [0.25, 0.3) is 0 Å². The summed E-state index contributed by atoms with van der Waals surface area (Å²) >= 11 is 0. The number of anilines is 1. The molecule has 2 heterocycles. The van der Waals surface area contributed by atoms with Crippen molar-refractivity contribution in [2.24, 2.45) is 0 Å². The van der Waals surface area contributed by atoms with Gasteiger partial charge in [-0.1, -0.05) is 29.4 Å². The first-order chi connectivity index (χ1) is 14.7. The van der Waals surface area contributed by atoms with E-state index in [0.717, 1.165) is 33.9 Å². The number of methoxy groups -OCH3 is 2. The predicted molar refractivity (Wildman–Crippen MR) is 110 cm³/mol. The number of ketones is 1. The number of rotatable bonds is 4. The quantitative estimate of drug-likeness (QED) is 0.716. The predicted octanol–water partition coefficient (Wildman–Crippen LogP) is 3.11. The molecule has 0 fully saturated rings. The maximum atomic E-state index is 13.3. The van der Waals surface area contributed by atoms with E-state index in [1.54, 1.807) is 18.9 Å². The molecule has 1 N–H and O–H groups in total. The lowest BCUT2D eigenvalue weighted by molar-refractivity contribution is -0.116. The van der Waals surface area contributed by atoms with Gasteiger partial charge in [0.2, 0.25) is 5.95 Å². The van der Waals surface area contributed by atoms with Crippen LogP contribution in [0.4, 0.5) is 5.95 Å². The highest BCUT2D eigenvalue weighted by atomic mass is 16.5. The molecule has 2 aromatic carbocycles. The average Bonchev–Trinajstić information content (AvgIpc) is 3.26. The van der Waals surface area contributed by atoms with Crippen molar-refractivity contribution in [1.29, 1.82) is 0 Å². The van der Waals surface area contributed by atoms with Crippen molar-refractivity contribution in [2.75, 3.05) is 19.5 Å². The summed E-state index contributed by atoms with van der Waals surface area (Å²) < 4.78 is 12.2. The van der Waals surface area contributed by atoms with E-state index in [0.29, 0.717) is 18.8 Å². The van der Waals surface area contributed by atoms with E-state index in [2.05, 4.69) is 20.8 Å². The Labute approximate surface area is 173 Å². The molecule has 1 aliphatic heterocycles. The monoisotopic (exact) mass is 403 g/mol. The molecular weight excluding hydrogens is 382 g/mol. The van der Waals surface area contributed by atoms with Gasteiger partial charge in [-0.05, 0) is 58.2 Å². The van der Waals surface area contributed by atoms with Crippen molar-refractivity contribution in [2.45, 2.75) is 24.8 Å². The second kappa shape index (κ2) is 7.29. The number of aromatic nitrogens is 4. The zero-order valence-corrected chi connectivity index (χ0v) is 16.7. The van der Waals surface area contributed by atoms with Gasteiger partial charge in [0.1, 0.15) is 17.5 Å². The topological polar surface area (TPSA) is 91.2 Å². The highest BCUT2D eigenvalue weighted by Gasteiger charge is 2.39. The Hall–Kier alpha value is -3.68. The van der Waals surface area contributed by atoms with Crippen molar-refractivity contribution in [3.05, 3.63) is 70.9 Å². The lowest BCUT2D eigenvalue weighted by Crippen LogP contribution is -2.33. The summed E-state index contributed by atoms with van der Waals surface area (Å²) in [5, 5.41) is 15.4. The lowest BCUT2D eigenvalue weighted by Gasteiger charge is -2.34. The molecule has 2 atom stereocenters. The first-order valence-electron chi connectivity index (χ1n) is 9.77. The Morgan fingerprint density at radius 2 is 1.57 bits per heavy atom. The summed E-state index contributed by atoms with van der Waals surface area (Å²) in [6.45, 7) is 0. The highest BCUT2D eigenvalue weighted by molar-refractivity contribution is 6.00. The molecule has 1 aliphatic carbocycles. The molecule has 0 amide bonds. The normalized spacial score (nSPS) is 20.3. The smallest absolute Gasteiger partial charge is 0.248 e. The lowest BCUT2D eigenvalue weighted by atomic mass is 9.78. The molecule has 0 saturated carbocycles. The summed E-state index contributed by atoms with van der Waals surface area (Å²) in [4.78, 5) is 13.3. The fourth-order valence-electron chi connectivity index (χ4n) is 4.28. The van der Waals surface area contributed by atoms with Crippen LogP contribution in [0.15, 0.2) is 59.8 Å². The van der Waals surface area contributed by atoms with Crippen LogP contribution < -0.4 is 14.8 Å². The number of carbonyl (C=O) groups is 1. The summed E-state index contributed by atoms with van der Waals surface area (Å²) in [5.41, 5.74) is 3.66. The standard InChI is InChI=1S/C22H21N5O3/c1-29-16-7-3-13(4-8-16)15-11-18-20(19(28)12-15)21(27-22(23-18)24-25-26-27)14-5-9-17(30-2)10-6-14/h3-10,15,21H,11-12H2,1-2H3,(H,23,24,26)/t15-,21+/m0/s1. The van der Waals surface area contributed by atoms with Gasteiger partial charge in [0, 0.05) is 17.7 Å². The molecule has 8 nitrogen and oxygen atoms in total. The van der Waals surface area contributed by atoms with Crippen LogP contribution >= 0.6 is 0 Å². The molecule has 0 unspecified atom stereocenters. The number of carbonyl (C=O) groups excluding carboxylic acids is 1. The van der Waals surface area contributed by atoms with Crippen molar-refractivity contribution in [3.63, 3.8) is 0 Å². The number of tetrazole rings is 1. The minimum absolute atomic E-state index is 0.0913. The molecule has 1 aromatic heterocycles. The Morgan fingerprint density at radius 3 is 2.20 bits per heavy atom. The molecule has 0 bridgehead atoms. The van der Waals surface area contributed by atoms with Crippen LogP contribution in [0.5, 0.6) is 11.5 Å². The molecule has 5 rings (SSSR count). The maximum absolute atomic E-state index is 13.3. The molecular formula is C22H21N5O3. The second-order valence-corrected chi connectivity index (χ2v) is 7.44. The first-order valence-corrected chi connectivity index (χ1v) is 9.77. The van der Waals surface area contributed by atoms with Gasteiger partial charge in [-0.25, -0.2) is 0 Å². The molecule has 8 heteroatoms. The highest BCUT2D eigenvalue weighted by Crippen LogP contribution is 2.43. The average molecular weight is 403 g/mol. The Balaban J connectivity index is 1.54. The summed E-state index contributed by atoms with van der Waals surface area (Å²) in [7, 11) is 3.27. The fourth-order valence-corrected chi connectivity index (χ4v) is 4.28. The number of ether oxygens (including phenoxy) is 2. The third-order valence-electron chi connectivity index (χ3n) is 5.80. The third kappa shape index (κ3) is 3.01. The number of nitrogens with zero attached hydrogens (tertiary/aromatic N) is 4. The number of hydrogen-bond donors (Lipinski definition) is 1. The van der Waals surface area contributed by atoms with Gasteiger partial charge < -0.3 is 14.8 Å². The largest absolute Gasteiger partial charge is 0.497 e. The van der Waals surface area contributed by atoms with Gasteiger partial charge in [0.05, 0.1) is 14.2 Å². The van der Waals surface area contributed by atoms with Gasteiger partial charge >= 0.3 is 0 Å². The Morgan fingerprint density at radius 1 is 0.933 bits per heavy atom. The van der Waals surface area contributed by atoms with E-state index in [1.807, 2.05) is 48.5 Å². The molecule has 0 saturated heterocycles. The molecule has 0 radical (unpaired) electrons. The van der Waals surface area contributed by atoms with Crippen LogP contribution in [0, 0.1) is 0 Å². The van der Waals surface area contributed by atoms with E-state index in [1.165, 1.54) is 0 Å². The summed E-state index contributed by atoms with van der Waals surface area (Å²) in [5.74, 6) is 2.29. The summed E-state index contributed by atoms with van der Waals surface area (Å²) in [6.07, 6.45) is 1.16. The number of Topliss-reactive ketones (excluding diaryl/α,β-unsaturated/α-hetero) is 1. The summed E-state index contributed by atoms with van der Waals surface area (Å²) in [6, 6.07) is 15.2. The van der Waals surface area contributed by atoms with Crippen molar-refractivity contribution < 1.29 is 14.3 Å². The van der Waals surface area contributed by atoms with Crippen LogP contribution in [-0.4, -0.2) is 40.2 Å². The molecule has 152 valence electrons. The van der Waals surface area contributed by atoms with E-state index in [-0.39, 0.29) is 17.7 Å². The van der Waals surface area contributed by atoms with Crippen molar-refractivity contribution in [1.82, 2.24) is 20.2 Å². The van der Waals surface area contributed by atoms with E-state index in [9.17, 15) is 4.79 Å². The van der Waals surface area contributed by atoms with E-state index < -0.39 is 0 Å². The van der Waals surface area contributed by atoms with Crippen LogP contribution in [-0.2, 0) is 4.79 Å². The number of benzene rings is 2. The van der Waals surface area contributed by atoms with Crippen LogP contribution in [0.1, 0.15) is 35.9 Å². The van der Waals surface area contributed by atoms with Gasteiger partial charge in [-0.2, -0.15) is 4.68 Å². The zero-order valence-electron chi connectivity index (χ0n) is 16.7. The first kappa shape index (κ1) is 18.4. The van der Waals surface area contributed by atoms with Crippen molar-refractivity contribution in [3.8, 4) is 11.5 Å². The number of allylic oxidation sites excluding steroid dienone is 2. The number of nitrogens with one attached hydrogen (secondary N) is 1. The SMILES string of the molecule is COc1ccc([C@@H]2CC(=O)C3=C(C2)Nc2nnnn2[C@@H]3c2ccc(OC)cc2)cc1. The Bertz CT molecular complexity index is 1120. The Kier molecular flexibility index (Phi) is 4.46. The van der Waals surface area contributed by atoms with Gasteiger partial charge in [0.25, 0.3) is 0 Å². The van der Waals surface area contributed by atoms with Gasteiger partial charge in [-0.3, -0.25) is 4.79 Å². The number of fused-ring (bicyclic) bond motifs is 1. The molecule has 2 aliphatic rings. The fraction of sp³-hybridized carbons (Fsp3) is 0.273. The number of hydrogen-bond acceptors (Lipinski definition) is 7.